The van der Waals surface area contributed by atoms with Crippen molar-refractivity contribution in [3.8, 4) is 0 Å². The SMILES string of the molecule is CN(C)c1ccc(CN(CC2CCCO2)C(=O)c2ccc(N3CCNC3=O)cc2)cc1. The lowest BCUT2D eigenvalue weighted by Gasteiger charge is -2.26. The summed E-state index contributed by atoms with van der Waals surface area (Å²) in [6, 6.07) is 15.5. The van der Waals surface area contributed by atoms with E-state index in [0.717, 1.165) is 36.4 Å². The monoisotopic (exact) mass is 422 g/mol. The van der Waals surface area contributed by atoms with E-state index in [1.165, 1.54) is 0 Å². The predicted molar refractivity (Wildman–Crippen MR) is 122 cm³/mol. The molecule has 1 atom stereocenters. The first-order valence-corrected chi connectivity index (χ1v) is 10.8. The fourth-order valence-electron chi connectivity index (χ4n) is 4.06. The van der Waals surface area contributed by atoms with Crippen LogP contribution in [0.2, 0.25) is 0 Å². The fourth-order valence-corrected chi connectivity index (χ4v) is 4.06. The molecule has 2 fully saturated rings. The lowest BCUT2D eigenvalue weighted by molar-refractivity contribution is 0.0507. The molecule has 2 aliphatic rings. The smallest absolute Gasteiger partial charge is 0.321 e. The second-order valence-corrected chi connectivity index (χ2v) is 8.31. The number of nitrogens with one attached hydrogen (secondary N) is 1. The summed E-state index contributed by atoms with van der Waals surface area (Å²) in [6.45, 7) is 3.14. The molecule has 2 aromatic rings. The fraction of sp³-hybridized carbons (Fsp3) is 0.417. The summed E-state index contributed by atoms with van der Waals surface area (Å²) in [7, 11) is 4.02. The topological polar surface area (TPSA) is 65.1 Å². The molecule has 0 aromatic heterocycles. The predicted octanol–water partition coefficient (Wildman–Crippen LogP) is 3.10. The molecule has 0 radical (unpaired) electrons. The number of rotatable bonds is 7. The number of hydrogen-bond acceptors (Lipinski definition) is 4. The molecule has 7 heteroatoms. The first-order chi connectivity index (χ1) is 15.0. The van der Waals surface area contributed by atoms with Crippen LogP contribution in [0.1, 0.15) is 28.8 Å². The van der Waals surface area contributed by atoms with Crippen LogP contribution in [0, 0.1) is 0 Å². The molecule has 2 aliphatic heterocycles. The number of amides is 3. The average Bonchev–Trinajstić information content (AvgIpc) is 3.45. The minimum Gasteiger partial charge on any atom is -0.378 e. The molecule has 3 amide bonds. The van der Waals surface area contributed by atoms with Crippen molar-refractivity contribution < 1.29 is 14.3 Å². The van der Waals surface area contributed by atoms with Crippen LogP contribution in [0.25, 0.3) is 0 Å². The molecule has 1 unspecified atom stereocenters. The van der Waals surface area contributed by atoms with Gasteiger partial charge in [-0.05, 0) is 54.8 Å². The molecule has 2 aromatic carbocycles. The van der Waals surface area contributed by atoms with Crippen LogP contribution in [0.4, 0.5) is 16.2 Å². The van der Waals surface area contributed by atoms with Gasteiger partial charge in [-0.15, -0.1) is 0 Å². The van der Waals surface area contributed by atoms with Gasteiger partial charge in [-0.1, -0.05) is 12.1 Å². The Labute approximate surface area is 183 Å². The second kappa shape index (κ2) is 9.39. The number of ether oxygens (including phenoxy) is 1. The van der Waals surface area contributed by atoms with Gasteiger partial charge in [-0.2, -0.15) is 0 Å². The van der Waals surface area contributed by atoms with Crippen molar-refractivity contribution in [1.82, 2.24) is 10.2 Å². The van der Waals surface area contributed by atoms with Crippen molar-refractivity contribution in [3.05, 3.63) is 59.7 Å². The van der Waals surface area contributed by atoms with E-state index < -0.39 is 0 Å². The third-order valence-electron chi connectivity index (χ3n) is 5.84. The molecule has 0 saturated carbocycles. The minimum absolute atomic E-state index is 0.0235. The zero-order valence-electron chi connectivity index (χ0n) is 18.2. The van der Waals surface area contributed by atoms with Gasteiger partial charge in [0.1, 0.15) is 0 Å². The largest absolute Gasteiger partial charge is 0.378 e. The molecule has 2 saturated heterocycles. The molecular formula is C24H30N4O3. The lowest BCUT2D eigenvalue weighted by atomic mass is 10.1. The summed E-state index contributed by atoms with van der Waals surface area (Å²) < 4.78 is 5.80. The number of anilines is 2. The van der Waals surface area contributed by atoms with Gasteiger partial charge in [0, 0.05) is 63.8 Å². The third-order valence-corrected chi connectivity index (χ3v) is 5.84. The maximum atomic E-state index is 13.4. The molecule has 4 rings (SSSR count). The van der Waals surface area contributed by atoms with Gasteiger partial charge in [-0.3, -0.25) is 9.69 Å². The molecule has 1 N–H and O–H groups in total. The highest BCUT2D eigenvalue weighted by molar-refractivity contribution is 5.97. The van der Waals surface area contributed by atoms with Gasteiger partial charge in [0.15, 0.2) is 0 Å². The molecular weight excluding hydrogens is 392 g/mol. The van der Waals surface area contributed by atoms with E-state index in [2.05, 4.69) is 34.5 Å². The summed E-state index contributed by atoms with van der Waals surface area (Å²) in [4.78, 5) is 30.9. The molecule has 31 heavy (non-hydrogen) atoms. The molecule has 0 spiro atoms. The van der Waals surface area contributed by atoms with E-state index in [1.54, 1.807) is 17.0 Å². The highest BCUT2D eigenvalue weighted by atomic mass is 16.5. The quantitative estimate of drug-likeness (QED) is 0.745. The van der Waals surface area contributed by atoms with Crippen molar-refractivity contribution >= 4 is 23.3 Å². The van der Waals surface area contributed by atoms with Gasteiger partial charge in [0.05, 0.1) is 6.10 Å². The standard InChI is InChI=1S/C24H30N4O3/c1-26(2)20-9-5-18(6-10-20)16-27(17-22-4-3-15-31-22)23(29)19-7-11-21(12-8-19)28-14-13-25-24(28)30/h5-12,22H,3-4,13-17H2,1-2H3,(H,25,30). The Morgan fingerprint density at radius 3 is 2.45 bits per heavy atom. The zero-order chi connectivity index (χ0) is 21.8. The summed E-state index contributed by atoms with van der Waals surface area (Å²) in [5.74, 6) is -0.0235. The van der Waals surface area contributed by atoms with E-state index in [9.17, 15) is 9.59 Å². The Morgan fingerprint density at radius 1 is 1.13 bits per heavy atom. The van der Waals surface area contributed by atoms with Crippen molar-refractivity contribution in [3.63, 3.8) is 0 Å². The van der Waals surface area contributed by atoms with E-state index in [1.807, 2.05) is 31.1 Å². The van der Waals surface area contributed by atoms with Crippen LogP contribution < -0.4 is 15.1 Å². The molecule has 7 nitrogen and oxygen atoms in total. The third kappa shape index (κ3) is 4.99. The van der Waals surface area contributed by atoms with Crippen LogP contribution in [-0.2, 0) is 11.3 Å². The number of urea groups is 1. The van der Waals surface area contributed by atoms with Crippen LogP contribution in [-0.4, -0.2) is 63.3 Å². The highest BCUT2D eigenvalue weighted by Gasteiger charge is 2.25. The van der Waals surface area contributed by atoms with E-state index >= 15 is 0 Å². The Bertz CT molecular complexity index is 905. The number of benzene rings is 2. The van der Waals surface area contributed by atoms with Gasteiger partial charge >= 0.3 is 6.03 Å². The van der Waals surface area contributed by atoms with Gasteiger partial charge in [-0.25, -0.2) is 4.79 Å². The van der Waals surface area contributed by atoms with Crippen LogP contribution in [0.5, 0.6) is 0 Å². The van der Waals surface area contributed by atoms with Gasteiger partial charge < -0.3 is 19.9 Å². The average molecular weight is 423 g/mol. The molecule has 0 bridgehead atoms. The van der Waals surface area contributed by atoms with Crippen LogP contribution >= 0.6 is 0 Å². The second-order valence-electron chi connectivity index (χ2n) is 8.31. The molecule has 2 heterocycles. The van der Waals surface area contributed by atoms with E-state index in [0.29, 0.717) is 31.7 Å². The maximum Gasteiger partial charge on any atom is 0.321 e. The van der Waals surface area contributed by atoms with Gasteiger partial charge in [0.2, 0.25) is 0 Å². The van der Waals surface area contributed by atoms with E-state index in [-0.39, 0.29) is 18.0 Å². The summed E-state index contributed by atoms with van der Waals surface area (Å²) in [5, 5.41) is 2.80. The Kier molecular flexibility index (Phi) is 6.42. The summed E-state index contributed by atoms with van der Waals surface area (Å²) in [6.07, 6.45) is 2.10. The normalized spacial score (nSPS) is 18.2. The number of hydrogen-bond donors (Lipinski definition) is 1. The van der Waals surface area contributed by atoms with Crippen molar-refractivity contribution in [2.24, 2.45) is 0 Å². The zero-order valence-corrected chi connectivity index (χ0v) is 18.2. The lowest BCUT2D eigenvalue weighted by Crippen LogP contribution is -2.37. The van der Waals surface area contributed by atoms with Crippen molar-refractivity contribution in [1.29, 1.82) is 0 Å². The van der Waals surface area contributed by atoms with Crippen molar-refractivity contribution in [2.75, 3.05) is 50.1 Å². The Morgan fingerprint density at radius 2 is 1.87 bits per heavy atom. The maximum absolute atomic E-state index is 13.4. The number of carbonyl (C=O) groups is 2. The van der Waals surface area contributed by atoms with Crippen LogP contribution in [0.3, 0.4) is 0 Å². The van der Waals surface area contributed by atoms with Crippen molar-refractivity contribution in [2.45, 2.75) is 25.5 Å². The molecule has 164 valence electrons. The summed E-state index contributed by atoms with van der Waals surface area (Å²) >= 11 is 0. The van der Waals surface area contributed by atoms with E-state index in [4.69, 9.17) is 4.74 Å². The molecule has 0 aliphatic carbocycles. The highest BCUT2D eigenvalue weighted by Crippen LogP contribution is 2.21. The number of carbonyl (C=O) groups excluding carboxylic acids is 2. The Balaban J connectivity index is 1.50. The summed E-state index contributed by atoms with van der Waals surface area (Å²) in [5.41, 5.74) is 3.63. The first-order valence-electron chi connectivity index (χ1n) is 10.8. The minimum atomic E-state index is -0.0970. The van der Waals surface area contributed by atoms with Crippen LogP contribution in [0.15, 0.2) is 48.5 Å². The van der Waals surface area contributed by atoms with Gasteiger partial charge in [0.25, 0.3) is 5.91 Å². The number of nitrogens with zero attached hydrogens (tertiary/aromatic N) is 3. The first kappa shape index (κ1) is 21.2. The Hall–Kier alpha value is -3.06.